The molecule has 1 fully saturated rings. The van der Waals surface area contributed by atoms with Crippen molar-refractivity contribution in [2.24, 2.45) is 5.92 Å². The lowest BCUT2D eigenvalue weighted by Crippen LogP contribution is -2.08. The standard InChI is InChI=1S/C23H18F2N4O4/c24-22(25)33-19-16(5-2-6-18(19)32-12-13-7-8-13)17-9-10-26-23-27-20(28-29(17)23)14-3-1-4-15(11-14)21(30)31/h1-6,9-11,13,22H,7-8,12H2,(H,30,31). The number of hydrogen-bond acceptors (Lipinski definition) is 6. The molecule has 10 heteroatoms. The number of hydrogen-bond donors (Lipinski definition) is 1. The summed E-state index contributed by atoms with van der Waals surface area (Å²) in [5.74, 6) is -0.0489. The van der Waals surface area contributed by atoms with Gasteiger partial charge in [-0.3, -0.25) is 0 Å². The summed E-state index contributed by atoms with van der Waals surface area (Å²) in [6, 6.07) is 12.7. The van der Waals surface area contributed by atoms with Gasteiger partial charge in [0.05, 0.1) is 17.9 Å². The normalized spacial score (nSPS) is 13.4. The number of fused-ring (bicyclic) bond motifs is 1. The molecular formula is C23H18F2N4O4. The molecule has 2 aromatic carbocycles. The SMILES string of the molecule is O=C(O)c1cccc(-c2nc3nccc(-c4cccc(OCC5CC5)c4OC(F)F)n3n2)c1. The Labute approximate surface area is 186 Å². The Hall–Kier alpha value is -4.08. The van der Waals surface area contributed by atoms with Gasteiger partial charge in [0.15, 0.2) is 17.3 Å². The molecule has 8 nitrogen and oxygen atoms in total. The first-order chi connectivity index (χ1) is 16.0. The monoisotopic (exact) mass is 452 g/mol. The van der Waals surface area contributed by atoms with Crippen molar-refractivity contribution in [3.8, 4) is 34.1 Å². The largest absolute Gasteiger partial charge is 0.489 e. The van der Waals surface area contributed by atoms with Gasteiger partial charge < -0.3 is 14.6 Å². The van der Waals surface area contributed by atoms with Crippen LogP contribution in [0.1, 0.15) is 23.2 Å². The third kappa shape index (κ3) is 4.32. The van der Waals surface area contributed by atoms with Crippen LogP contribution in [-0.2, 0) is 0 Å². The molecule has 0 amide bonds. The highest BCUT2D eigenvalue weighted by molar-refractivity contribution is 5.89. The predicted molar refractivity (Wildman–Crippen MR) is 113 cm³/mol. The number of para-hydroxylation sites is 1. The second-order valence-electron chi connectivity index (χ2n) is 7.63. The number of halogens is 2. The smallest absolute Gasteiger partial charge is 0.387 e. The zero-order valence-electron chi connectivity index (χ0n) is 17.2. The molecule has 2 heterocycles. The number of ether oxygens (including phenoxy) is 2. The van der Waals surface area contributed by atoms with Crippen molar-refractivity contribution in [1.29, 1.82) is 0 Å². The van der Waals surface area contributed by atoms with Gasteiger partial charge in [-0.25, -0.2) is 9.78 Å². The molecule has 2 aromatic heterocycles. The first kappa shape index (κ1) is 20.8. The van der Waals surface area contributed by atoms with Gasteiger partial charge in [0, 0.05) is 17.3 Å². The maximum absolute atomic E-state index is 13.3. The highest BCUT2D eigenvalue weighted by atomic mass is 19.3. The van der Waals surface area contributed by atoms with Gasteiger partial charge in [-0.05, 0) is 49.1 Å². The Bertz CT molecular complexity index is 1340. The van der Waals surface area contributed by atoms with Crippen LogP contribution in [0, 0.1) is 5.92 Å². The van der Waals surface area contributed by atoms with E-state index in [1.807, 2.05) is 0 Å². The van der Waals surface area contributed by atoms with Crippen LogP contribution in [0.25, 0.3) is 28.4 Å². The molecule has 1 aliphatic rings. The average molecular weight is 452 g/mol. The van der Waals surface area contributed by atoms with Crippen molar-refractivity contribution in [3.63, 3.8) is 0 Å². The number of rotatable bonds is 8. The zero-order chi connectivity index (χ0) is 22.9. The van der Waals surface area contributed by atoms with Gasteiger partial charge in [-0.2, -0.15) is 18.3 Å². The molecule has 168 valence electrons. The van der Waals surface area contributed by atoms with Crippen LogP contribution in [0.3, 0.4) is 0 Å². The fourth-order valence-electron chi connectivity index (χ4n) is 3.45. The van der Waals surface area contributed by atoms with E-state index in [4.69, 9.17) is 9.47 Å². The number of aromatic nitrogens is 4. The predicted octanol–water partition coefficient (Wildman–Crippen LogP) is 4.55. The van der Waals surface area contributed by atoms with Crippen molar-refractivity contribution in [2.45, 2.75) is 19.5 Å². The number of nitrogens with zero attached hydrogens (tertiary/aromatic N) is 4. The Morgan fingerprint density at radius 1 is 1.18 bits per heavy atom. The Morgan fingerprint density at radius 2 is 2.00 bits per heavy atom. The lowest BCUT2D eigenvalue weighted by molar-refractivity contribution is -0.0511. The van der Waals surface area contributed by atoms with E-state index < -0.39 is 12.6 Å². The summed E-state index contributed by atoms with van der Waals surface area (Å²) in [5, 5.41) is 13.7. The summed E-state index contributed by atoms with van der Waals surface area (Å²) in [6.07, 6.45) is 3.60. The summed E-state index contributed by atoms with van der Waals surface area (Å²) in [5.41, 5.74) is 1.33. The molecule has 0 radical (unpaired) electrons. The van der Waals surface area contributed by atoms with Crippen molar-refractivity contribution >= 4 is 11.7 Å². The Balaban J connectivity index is 1.60. The zero-order valence-corrected chi connectivity index (χ0v) is 17.2. The minimum atomic E-state index is -3.04. The van der Waals surface area contributed by atoms with E-state index in [0.717, 1.165) is 12.8 Å². The van der Waals surface area contributed by atoms with E-state index in [1.54, 1.807) is 36.4 Å². The van der Waals surface area contributed by atoms with Crippen LogP contribution >= 0.6 is 0 Å². The second kappa shape index (κ2) is 8.45. The van der Waals surface area contributed by atoms with Gasteiger partial charge in [0.2, 0.25) is 0 Å². The lowest BCUT2D eigenvalue weighted by Gasteiger charge is -2.16. The van der Waals surface area contributed by atoms with E-state index in [1.165, 1.54) is 22.8 Å². The number of aromatic carboxylic acids is 1. The highest BCUT2D eigenvalue weighted by Gasteiger charge is 2.25. The Morgan fingerprint density at radius 3 is 2.76 bits per heavy atom. The fraction of sp³-hybridized carbons (Fsp3) is 0.217. The molecule has 0 aliphatic heterocycles. The van der Waals surface area contributed by atoms with E-state index in [0.29, 0.717) is 29.3 Å². The van der Waals surface area contributed by atoms with E-state index in [9.17, 15) is 18.7 Å². The first-order valence-electron chi connectivity index (χ1n) is 10.3. The second-order valence-corrected chi connectivity index (χ2v) is 7.63. The third-order valence-corrected chi connectivity index (χ3v) is 5.24. The van der Waals surface area contributed by atoms with Gasteiger partial charge in [0.25, 0.3) is 5.78 Å². The van der Waals surface area contributed by atoms with Crippen LogP contribution in [0.5, 0.6) is 11.5 Å². The molecule has 0 bridgehead atoms. The third-order valence-electron chi connectivity index (χ3n) is 5.24. The molecule has 0 unspecified atom stereocenters. The van der Waals surface area contributed by atoms with Crippen LogP contribution in [-0.4, -0.2) is 43.9 Å². The van der Waals surface area contributed by atoms with E-state index >= 15 is 0 Å². The maximum Gasteiger partial charge on any atom is 0.387 e. The summed E-state index contributed by atoms with van der Waals surface area (Å²) < 4.78 is 38.6. The number of carbonyl (C=O) groups is 1. The molecule has 5 rings (SSSR count). The lowest BCUT2D eigenvalue weighted by atomic mass is 10.1. The average Bonchev–Trinajstić information content (AvgIpc) is 3.53. The van der Waals surface area contributed by atoms with Crippen LogP contribution < -0.4 is 9.47 Å². The molecule has 0 atom stereocenters. The van der Waals surface area contributed by atoms with Gasteiger partial charge in [0.1, 0.15) is 0 Å². The van der Waals surface area contributed by atoms with Gasteiger partial charge in [-0.1, -0.05) is 18.2 Å². The van der Waals surface area contributed by atoms with Crippen LogP contribution in [0.2, 0.25) is 0 Å². The number of carboxylic acid groups (broad SMARTS) is 1. The molecule has 1 N–H and O–H groups in total. The van der Waals surface area contributed by atoms with Crippen molar-refractivity contribution in [1.82, 2.24) is 19.6 Å². The molecule has 0 spiro atoms. The Kier molecular flexibility index (Phi) is 5.33. The van der Waals surface area contributed by atoms with Crippen LogP contribution in [0.15, 0.2) is 54.7 Å². The number of benzene rings is 2. The topological polar surface area (TPSA) is 98.8 Å². The minimum absolute atomic E-state index is 0.0904. The maximum atomic E-state index is 13.3. The summed E-state index contributed by atoms with van der Waals surface area (Å²) in [6.45, 7) is -2.61. The fourth-order valence-corrected chi connectivity index (χ4v) is 3.45. The highest BCUT2D eigenvalue weighted by Crippen LogP contribution is 2.40. The molecule has 33 heavy (non-hydrogen) atoms. The summed E-state index contributed by atoms with van der Waals surface area (Å²) >= 11 is 0. The van der Waals surface area contributed by atoms with E-state index in [2.05, 4.69) is 15.1 Å². The number of alkyl halides is 2. The minimum Gasteiger partial charge on any atom is -0.489 e. The van der Waals surface area contributed by atoms with E-state index in [-0.39, 0.29) is 28.7 Å². The summed E-state index contributed by atoms with van der Waals surface area (Å²) in [7, 11) is 0. The molecule has 0 saturated heterocycles. The van der Waals surface area contributed by atoms with Crippen molar-refractivity contribution < 1.29 is 28.2 Å². The molecule has 4 aromatic rings. The quantitative estimate of drug-likeness (QED) is 0.419. The van der Waals surface area contributed by atoms with Crippen molar-refractivity contribution in [2.75, 3.05) is 6.61 Å². The molecule has 1 saturated carbocycles. The van der Waals surface area contributed by atoms with Crippen molar-refractivity contribution in [3.05, 3.63) is 60.3 Å². The van der Waals surface area contributed by atoms with Gasteiger partial charge >= 0.3 is 12.6 Å². The number of carboxylic acids is 1. The van der Waals surface area contributed by atoms with Gasteiger partial charge in [-0.15, -0.1) is 5.10 Å². The summed E-state index contributed by atoms with van der Waals surface area (Å²) in [4.78, 5) is 19.9. The molecule has 1 aliphatic carbocycles. The molecular weight excluding hydrogens is 434 g/mol. The van der Waals surface area contributed by atoms with Crippen LogP contribution in [0.4, 0.5) is 8.78 Å². The first-order valence-corrected chi connectivity index (χ1v) is 10.3.